The standard InChI is InChI=1S/C9H8ClFO2/c1-2-13-8-4-3-6(11)5-7(8)9(10)12/h3-5H,2H2,1H3. The predicted octanol–water partition coefficient (Wildman–Crippen LogP) is 2.60. The van der Waals surface area contributed by atoms with Crippen molar-refractivity contribution >= 4 is 16.8 Å². The number of ether oxygens (including phenoxy) is 1. The normalized spacial score (nSPS) is 9.77. The van der Waals surface area contributed by atoms with Crippen LogP contribution in [-0.4, -0.2) is 11.8 Å². The first-order valence-electron chi connectivity index (χ1n) is 3.77. The Morgan fingerprint density at radius 1 is 1.62 bits per heavy atom. The topological polar surface area (TPSA) is 26.3 Å². The van der Waals surface area contributed by atoms with E-state index in [4.69, 9.17) is 16.3 Å². The van der Waals surface area contributed by atoms with Crippen LogP contribution in [0.1, 0.15) is 17.3 Å². The fourth-order valence-electron chi connectivity index (χ4n) is 0.937. The molecule has 13 heavy (non-hydrogen) atoms. The van der Waals surface area contributed by atoms with Gasteiger partial charge in [-0.1, -0.05) is 0 Å². The molecule has 1 aromatic rings. The molecule has 0 aromatic heterocycles. The Morgan fingerprint density at radius 2 is 2.31 bits per heavy atom. The van der Waals surface area contributed by atoms with E-state index in [0.29, 0.717) is 12.4 Å². The van der Waals surface area contributed by atoms with E-state index >= 15 is 0 Å². The molecule has 70 valence electrons. The first kappa shape index (κ1) is 9.99. The predicted molar refractivity (Wildman–Crippen MR) is 47.8 cm³/mol. The van der Waals surface area contributed by atoms with E-state index in [1.54, 1.807) is 6.92 Å². The first-order chi connectivity index (χ1) is 6.15. The molecule has 0 aliphatic carbocycles. The van der Waals surface area contributed by atoms with Crippen LogP contribution in [0.3, 0.4) is 0 Å². The van der Waals surface area contributed by atoms with Crippen molar-refractivity contribution in [3.8, 4) is 5.75 Å². The molecule has 0 amide bonds. The van der Waals surface area contributed by atoms with Gasteiger partial charge in [0.2, 0.25) is 0 Å². The lowest BCUT2D eigenvalue weighted by atomic mass is 10.2. The molecule has 0 saturated heterocycles. The molecule has 0 unspecified atom stereocenters. The highest BCUT2D eigenvalue weighted by Gasteiger charge is 2.10. The van der Waals surface area contributed by atoms with E-state index in [9.17, 15) is 9.18 Å². The van der Waals surface area contributed by atoms with Crippen molar-refractivity contribution in [2.75, 3.05) is 6.61 Å². The quantitative estimate of drug-likeness (QED) is 0.705. The molecular weight excluding hydrogens is 195 g/mol. The van der Waals surface area contributed by atoms with Crippen molar-refractivity contribution in [3.05, 3.63) is 29.6 Å². The molecule has 1 rings (SSSR count). The van der Waals surface area contributed by atoms with E-state index in [1.165, 1.54) is 12.1 Å². The Hall–Kier alpha value is -1.09. The molecule has 0 aliphatic heterocycles. The van der Waals surface area contributed by atoms with E-state index in [-0.39, 0.29) is 5.56 Å². The summed E-state index contributed by atoms with van der Waals surface area (Å²) in [6.07, 6.45) is 0. The van der Waals surface area contributed by atoms with Crippen LogP contribution in [0.15, 0.2) is 18.2 Å². The van der Waals surface area contributed by atoms with Crippen molar-refractivity contribution < 1.29 is 13.9 Å². The lowest BCUT2D eigenvalue weighted by molar-refractivity contribution is 0.107. The Balaban J connectivity index is 3.10. The third-order valence-corrected chi connectivity index (χ3v) is 1.66. The summed E-state index contributed by atoms with van der Waals surface area (Å²) < 4.78 is 17.8. The van der Waals surface area contributed by atoms with Gasteiger partial charge in [-0.15, -0.1) is 0 Å². The third-order valence-electron chi connectivity index (χ3n) is 1.45. The van der Waals surface area contributed by atoms with Gasteiger partial charge in [0.1, 0.15) is 11.6 Å². The molecular formula is C9H8ClFO2. The summed E-state index contributed by atoms with van der Waals surface area (Å²) in [5.74, 6) is -0.198. The molecule has 2 nitrogen and oxygen atoms in total. The lowest BCUT2D eigenvalue weighted by Crippen LogP contribution is -1.99. The highest BCUT2D eigenvalue weighted by atomic mass is 35.5. The zero-order valence-electron chi connectivity index (χ0n) is 7.01. The van der Waals surface area contributed by atoms with E-state index in [2.05, 4.69) is 0 Å². The van der Waals surface area contributed by atoms with Crippen LogP contribution in [0.25, 0.3) is 0 Å². The number of rotatable bonds is 3. The summed E-state index contributed by atoms with van der Waals surface area (Å²) in [4.78, 5) is 10.8. The Kier molecular flexibility index (Phi) is 3.25. The van der Waals surface area contributed by atoms with Gasteiger partial charge < -0.3 is 4.74 Å². The van der Waals surface area contributed by atoms with Crippen LogP contribution in [0, 0.1) is 5.82 Å². The SMILES string of the molecule is CCOc1ccc(F)cc1C(=O)Cl. The molecule has 0 heterocycles. The van der Waals surface area contributed by atoms with Crippen LogP contribution in [0.2, 0.25) is 0 Å². The van der Waals surface area contributed by atoms with Gasteiger partial charge in [0, 0.05) is 0 Å². The van der Waals surface area contributed by atoms with Crippen molar-refractivity contribution in [1.29, 1.82) is 0 Å². The van der Waals surface area contributed by atoms with Gasteiger partial charge in [-0.2, -0.15) is 0 Å². The minimum absolute atomic E-state index is 0.0588. The van der Waals surface area contributed by atoms with Gasteiger partial charge in [0.25, 0.3) is 5.24 Å². The van der Waals surface area contributed by atoms with Crippen LogP contribution < -0.4 is 4.74 Å². The summed E-state index contributed by atoms with van der Waals surface area (Å²) in [6, 6.07) is 3.66. The minimum atomic E-state index is -0.719. The average molecular weight is 203 g/mol. The summed E-state index contributed by atoms with van der Waals surface area (Å²) in [7, 11) is 0. The highest BCUT2D eigenvalue weighted by molar-refractivity contribution is 6.68. The fourth-order valence-corrected chi connectivity index (χ4v) is 1.08. The van der Waals surface area contributed by atoms with Gasteiger partial charge in [0.15, 0.2) is 0 Å². The molecule has 0 atom stereocenters. The van der Waals surface area contributed by atoms with Crippen molar-refractivity contribution in [2.24, 2.45) is 0 Å². The van der Waals surface area contributed by atoms with Crippen LogP contribution in [0.4, 0.5) is 4.39 Å². The van der Waals surface area contributed by atoms with E-state index < -0.39 is 11.1 Å². The number of carbonyl (C=O) groups excluding carboxylic acids is 1. The zero-order valence-corrected chi connectivity index (χ0v) is 7.77. The van der Waals surface area contributed by atoms with Gasteiger partial charge in [-0.3, -0.25) is 4.79 Å². The molecule has 0 aliphatic rings. The molecule has 4 heteroatoms. The maximum atomic E-state index is 12.7. The smallest absolute Gasteiger partial charge is 0.256 e. The number of halogens is 2. The lowest BCUT2D eigenvalue weighted by Gasteiger charge is -2.06. The maximum absolute atomic E-state index is 12.7. The van der Waals surface area contributed by atoms with Crippen molar-refractivity contribution in [3.63, 3.8) is 0 Å². The summed E-state index contributed by atoms with van der Waals surface area (Å²) in [5, 5.41) is -0.719. The number of benzene rings is 1. The second-order valence-electron chi connectivity index (χ2n) is 2.35. The number of hydrogen-bond donors (Lipinski definition) is 0. The molecule has 0 spiro atoms. The zero-order chi connectivity index (χ0) is 9.84. The van der Waals surface area contributed by atoms with Gasteiger partial charge >= 0.3 is 0 Å². The van der Waals surface area contributed by atoms with Crippen LogP contribution in [-0.2, 0) is 0 Å². The minimum Gasteiger partial charge on any atom is -0.493 e. The van der Waals surface area contributed by atoms with E-state index in [0.717, 1.165) is 6.07 Å². The summed E-state index contributed by atoms with van der Waals surface area (Å²) in [5.41, 5.74) is 0.0588. The highest BCUT2D eigenvalue weighted by Crippen LogP contribution is 2.21. The van der Waals surface area contributed by atoms with Gasteiger partial charge in [-0.05, 0) is 36.7 Å². The molecule has 0 fully saturated rings. The second kappa shape index (κ2) is 4.23. The molecule has 0 radical (unpaired) electrons. The second-order valence-corrected chi connectivity index (χ2v) is 2.69. The maximum Gasteiger partial charge on any atom is 0.256 e. The Morgan fingerprint density at radius 3 is 2.85 bits per heavy atom. The largest absolute Gasteiger partial charge is 0.493 e. The average Bonchev–Trinajstić information content (AvgIpc) is 2.08. The van der Waals surface area contributed by atoms with Crippen LogP contribution in [0.5, 0.6) is 5.75 Å². The van der Waals surface area contributed by atoms with Crippen molar-refractivity contribution in [2.45, 2.75) is 6.92 Å². The summed E-state index contributed by atoms with van der Waals surface area (Å²) >= 11 is 5.23. The van der Waals surface area contributed by atoms with Crippen molar-refractivity contribution in [1.82, 2.24) is 0 Å². The Bertz CT molecular complexity index is 325. The Labute approximate surface area is 80.3 Å². The number of carbonyl (C=O) groups is 1. The van der Waals surface area contributed by atoms with Crippen LogP contribution >= 0.6 is 11.6 Å². The molecule has 1 aromatic carbocycles. The fraction of sp³-hybridized carbons (Fsp3) is 0.222. The van der Waals surface area contributed by atoms with E-state index in [1.807, 2.05) is 0 Å². The first-order valence-corrected chi connectivity index (χ1v) is 4.15. The molecule has 0 N–H and O–H groups in total. The third kappa shape index (κ3) is 2.42. The monoisotopic (exact) mass is 202 g/mol. The van der Waals surface area contributed by atoms with Gasteiger partial charge in [-0.25, -0.2) is 4.39 Å². The molecule has 0 saturated carbocycles. The molecule has 0 bridgehead atoms. The summed E-state index contributed by atoms with van der Waals surface area (Å²) in [6.45, 7) is 2.18. The number of hydrogen-bond acceptors (Lipinski definition) is 2. The van der Waals surface area contributed by atoms with Gasteiger partial charge in [0.05, 0.1) is 12.2 Å².